The zero-order chi connectivity index (χ0) is 14.7. The van der Waals surface area contributed by atoms with E-state index in [9.17, 15) is 4.79 Å². The summed E-state index contributed by atoms with van der Waals surface area (Å²) in [6, 6.07) is 8.14. The van der Waals surface area contributed by atoms with Crippen molar-refractivity contribution >= 4 is 11.7 Å². The van der Waals surface area contributed by atoms with Crippen molar-refractivity contribution in [3.8, 4) is 0 Å². The maximum atomic E-state index is 12.3. The normalized spacial score (nSPS) is 20.2. The van der Waals surface area contributed by atoms with E-state index in [1.54, 1.807) is 0 Å². The molecular formula is C16H25N3O. The molecule has 0 spiro atoms. The second kappa shape index (κ2) is 6.27. The van der Waals surface area contributed by atoms with Crippen molar-refractivity contribution in [1.29, 1.82) is 0 Å². The molecule has 2 unspecified atom stereocenters. The molecule has 1 aromatic rings. The summed E-state index contributed by atoms with van der Waals surface area (Å²) in [5.74, 6) is 0.503. The van der Waals surface area contributed by atoms with E-state index in [4.69, 9.17) is 5.73 Å². The van der Waals surface area contributed by atoms with Crippen LogP contribution in [0.2, 0.25) is 0 Å². The Balaban J connectivity index is 2.00. The van der Waals surface area contributed by atoms with Crippen LogP contribution < -0.4 is 11.1 Å². The van der Waals surface area contributed by atoms with Crippen LogP contribution in [0.4, 0.5) is 10.5 Å². The molecule has 1 heterocycles. The van der Waals surface area contributed by atoms with Gasteiger partial charge in [-0.3, -0.25) is 0 Å². The zero-order valence-electron chi connectivity index (χ0n) is 12.6. The van der Waals surface area contributed by atoms with Crippen LogP contribution in [0, 0.1) is 5.92 Å². The molecule has 2 atom stereocenters. The number of nitrogens with zero attached hydrogens (tertiary/aromatic N) is 1. The Hall–Kier alpha value is -1.55. The molecule has 1 aromatic carbocycles. The topological polar surface area (TPSA) is 58.4 Å². The average Bonchev–Trinajstić information content (AvgIpc) is 2.88. The first kappa shape index (κ1) is 14.9. The molecule has 2 rings (SSSR count). The number of nitrogens with one attached hydrogen (secondary N) is 1. The second-order valence-corrected chi connectivity index (χ2v) is 5.99. The summed E-state index contributed by atoms with van der Waals surface area (Å²) in [7, 11) is 0. The third-order valence-corrected chi connectivity index (χ3v) is 4.02. The van der Waals surface area contributed by atoms with Crippen LogP contribution in [0.25, 0.3) is 0 Å². The van der Waals surface area contributed by atoms with Crippen LogP contribution in [-0.4, -0.2) is 23.5 Å². The molecule has 3 N–H and O–H groups in total. The van der Waals surface area contributed by atoms with Gasteiger partial charge in [-0.15, -0.1) is 0 Å². The molecule has 0 saturated carbocycles. The van der Waals surface area contributed by atoms with Crippen LogP contribution in [0.15, 0.2) is 24.3 Å². The molecule has 1 aliphatic rings. The smallest absolute Gasteiger partial charge is 0.322 e. The largest absolute Gasteiger partial charge is 0.324 e. The van der Waals surface area contributed by atoms with E-state index < -0.39 is 0 Å². The van der Waals surface area contributed by atoms with Gasteiger partial charge in [-0.25, -0.2) is 4.79 Å². The molecule has 1 saturated heterocycles. The lowest BCUT2D eigenvalue weighted by Crippen LogP contribution is -2.41. The van der Waals surface area contributed by atoms with E-state index in [1.807, 2.05) is 36.1 Å². The second-order valence-electron chi connectivity index (χ2n) is 5.99. The molecule has 0 radical (unpaired) electrons. The van der Waals surface area contributed by atoms with Gasteiger partial charge >= 0.3 is 6.03 Å². The van der Waals surface area contributed by atoms with Crippen molar-refractivity contribution in [2.75, 3.05) is 11.9 Å². The Labute approximate surface area is 121 Å². The highest BCUT2D eigenvalue weighted by molar-refractivity contribution is 5.89. The number of carbonyl (C=O) groups excluding carboxylic acids is 1. The highest BCUT2D eigenvalue weighted by Crippen LogP contribution is 2.24. The number of nitrogens with two attached hydrogens (primary N) is 1. The first-order valence-corrected chi connectivity index (χ1v) is 7.42. The molecule has 4 nitrogen and oxygen atoms in total. The molecular weight excluding hydrogens is 250 g/mol. The Kier molecular flexibility index (Phi) is 4.65. The van der Waals surface area contributed by atoms with Crippen molar-refractivity contribution in [3.05, 3.63) is 29.8 Å². The van der Waals surface area contributed by atoms with E-state index in [2.05, 4.69) is 19.2 Å². The molecule has 1 fully saturated rings. The van der Waals surface area contributed by atoms with Gasteiger partial charge in [0.15, 0.2) is 0 Å². The van der Waals surface area contributed by atoms with Crippen LogP contribution in [0.5, 0.6) is 0 Å². The third kappa shape index (κ3) is 3.31. The van der Waals surface area contributed by atoms with E-state index in [0.717, 1.165) is 30.6 Å². The molecule has 0 aromatic heterocycles. The number of anilines is 1. The molecule has 110 valence electrons. The van der Waals surface area contributed by atoms with Crippen molar-refractivity contribution in [2.45, 2.75) is 45.7 Å². The number of likely N-dealkylation sites (tertiary alicyclic amines) is 1. The highest BCUT2D eigenvalue weighted by Gasteiger charge is 2.30. The Morgan fingerprint density at radius 1 is 1.30 bits per heavy atom. The van der Waals surface area contributed by atoms with Crippen LogP contribution in [0.3, 0.4) is 0 Å². The van der Waals surface area contributed by atoms with Crippen LogP contribution in [0.1, 0.15) is 45.2 Å². The SMILES string of the molecule is CC(N)c1ccc(NC(=O)N2CCCC2C(C)C)cc1. The minimum atomic E-state index is 0.00902. The van der Waals surface area contributed by atoms with Crippen molar-refractivity contribution in [3.63, 3.8) is 0 Å². The van der Waals surface area contributed by atoms with Gasteiger partial charge in [0.2, 0.25) is 0 Å². The molecule has 4 heteroatoms. The average molecular weight is 275 g/mol. The summed E-state index contributed by atoms with van der Waals surface area (Å²) in [6.07, 6.45) is 2.20. The maximum Gasteiger partial charge on any atom is 0.322 e. The van der Waals surface area contributed by atoms with Gasteiger partial charge in [-0.1, -0.05) is 26.0 Å². The van der Waals surface area contributed by atoms with Crippen molar-refractivity contribution < 1.29 is 4.79 Å². The predicted molar refractivity (Wildman–Crippen MR) is 82.6 cm³/mol. The van der Waals surface area contributed by atoms with Gasteiger partial charge in [0, 0.05) is 24.3 Å². The molecule has 2 amide bonds. The summed E-state index contributed by atoms with van der Waals surface area (Å²) < 4.78 is 0. The fourth-order valence-corrected chi connectivity index (χ4v) is 2.80. The fraction of sp³-hybridized carbons (Fsp3) is 0.562. The van der Waals surface area contributed by atoms with Crippen LogP contribution in [-0.2, 0) is 0 Å². The van der Waals surface area contributed by atoms with Crippen molar-refractivity contribution in [2.24, 2.45) is 11.7 Å². The van der Waals surface area contributed by atoms with Gasteiger partial charge < -0.3 is 16.0 Å². The van der Waals surface area contributed by atoms with E-state index in [0.29, 0.717) is 12.0 Å². The number of urea groups is 1. The monoisotopic (exact) mass is 275 g/mol. The first-order valence-electron chi connectivity index (χ1n) is 7.42. The minimum Gasteiger partial charge on any atom is -0.324 e. The number of benzene rings is 1. The number of carbonyl (C=O) groups is 1. The fourth-order valence-electron chi connectivity index (χ4n) is 2.80. The molecule has 0 aliphatic carbocycles. The van der Waals surface area contributed by atoms with E-state index >= 15 is 0 Å². The first-order chi connectivity index (χ1) is 9.49. The van der Waals surface area contributed by atoms with Gasteiger partial charge in [0.25, 0.3) is 0 Å². The summed E-state index contributed by atoms with van der Waals surface area (Å²) in [5.41, 5.74) is 7.72. The zero-order valence-corrected chi connectivity index (χ0v) is 12.6. The minimum absolute atomic E-state index is 0.00902. The Morgan fingerprint density at radius 3 is 2.50 bits per heavy atom. The molecule has 20 heavy (non-hydrogen) atoms. The summed E-state index contributed by atoms with van der Waals surface area (Å²) in [4.78, 5) is 14.3. The lowest BCUT2D eigenvalue weighted by atomic mass is 10.0. The standard InChI is InChI=1S/C16H25N3O/c1-11(2)15-5-4-10-19(15)16(20)18-14-8-6-13(7-9-14)12(3)17/h6-9,11-12,15H,4-5,10,17H2,1-3H3,(H,18,20). The van der Waals surface area contributed by atoms with Crippen molar-refractivity contribution in [1.82, 2.24) is 4.90 Å². The van der Waals surface area contributed by atoms with Gasteiger partial charge in [0.05, 0.1) is 0 Å². The van der Waals surface area contributed by atoms with E-state index in [1.165, 1.54) is 0 Å². The summed E-state index contributed by atoms with van der Waals surface area (Å²) >= 11 is 0. The number of hydrogen-bond acceptors (Lipinski definition) is 2. The van der Waals surface area contributed by atoms with Gasteiger partial charge in [-0.2, -0.15) is 0 Å². The highest BCUT2D eigenvalue weighted by atomic mass is 16.2. The van der Waals surface area contributed by atoms with E-state index in [-0.39, 0.29) is 12.1 Å². The quantitative estimate of drug-likeness (QED) is 0.888. The van der Waals surface area contributed by atoms with Gasteiger partial charge in [-0.05, 0) is 43.4 Å². The Morgan fingerprint density at radius 2 is 1.95 bits per heavy atom. The number of rotatable bonds is 3. The van der Waals surface area contributed by atoms with Gasteiger partial charge in [0.1, 0.15) is 0 Å². The number of hydrogen-bond donors (Lipinski definition) is 2. The summed E-state index contributed by atoms with van der Waals surface area (Å²) in [5, 5.41) is 2.98. The third-order valence-electron chi connectivity index (χ3n) is 4.02. The van der Waals surface area contributed by atoms with Crippen LogP contribution >= 0.6 is 0 Å². The number of amides is 2. The Bertz CT molecular complexity index is 453. The predicted octanol–water partition coefficient (Wildman–Crippen LogP) is 3.36. The lowest BCUT2D eigenvalue weighted by Gasteiger charge is -2.27. The summed E-state index contributed by atoms with van der Waals surface area (Å²) in [6.45, 7) is 7.15. The maximum absolute atomic E-state index is 12.3. The lowest BCUT2D eigenvalue weighted by molar-refractivity contribution is 0.192. The molecule has 0 bridgehead atoms. The molecule has 1 aliphatic heterocycles.